The lowest BCUT2D eigenvalue weighted by Gasteiger charge is -2.37. The Balaban J connectivity index is 1.33. The molecule has 168 valence electrons. The minimum Gasteiger partial charge on any atom is -0.495 e. The van der Waals surface area contributed by atoms with Crippen molar-refractivity contribution >= 4 is 17.6 Å². The fraction of sp³-hybridized carbons (Fsp3) is 0.280. The summed E-state index contributed by atoms with van der Waals surface area (Å²) in [6.45, 7) is 3.32. The van der Waals surface area contributed by atoms with Crippen LogP contribution in [0.2, 0.25) is 0 Å². The lowest BCUT2D eigenvalue weighted by Crippen LogP contribution is -2.50. The highest BCUT2D eigenvalue weighted by Crippen LogP contribution is 2.46. The first-order valence-corrected chi connectivity index (χ1v) is 11.0. The zero-order chi connectivity index (χ0) is 22.6. The van der Waals surface area contributed by atoms with E-state index in [1.807, 2.05) is 29.8 Å². The Hall–Kier alpha value is -3.81. The lowest BCUT2D eigenvalue weighted by molar-refractivity contribution is -0.0902. The molecule has 1 atom stereocenters. The molecule has 4 heterocycles. The Morgan fingerprint density at radius 3 is 2.97 bits per heavy atom. The predicted molar refractivity (Wildman–Crippen MR) is 124 cm³/mol. The molecule has 1 N–H and O–H groups in total. The Bertz CT molecular complexity index is 1310. The van der Waals surface area contributed by atoms with Gasteiger partial charge in [-0.1, -0.05) is 11.2 Å². The van der Waals surface area contributed by atoms with E-state index in [4.69, 9.17) is 9.57 Å². The number of ether oxygens (including phenoxy) is 1. The minimum absolute atomic E-state index is 0.264. The number of rotatable bonds is 3. The molecule has 8 heteroatoms. The molecule has 1 aromatic heterocycles. The van der Waals surface area contributed by atoms with Crippen molar-refractivity contribution in [1.82, 2.24) is 14.5 Å². The van der Waals surface area contributed by atoms with Gasteiger partial charge < -0.3 is 24.4 Å². The average Bonchev–Trinajstić information content (AvgIpc) is 3.52. The normalized spacial score (nSPS) is 22.1. The first-order valence-electron chi connectivity index (χ1n) is 11.0. The summed E-state index contributed by atoms with van der Waals surface area (Å²) in [4.78, 5) is 12.6. The van der Waals surface area contributed by atoms with Crippen molar-refractivity contribution in [3.63, 3.8) is 0 Å². The number of hydrogen-bond donors (Lipinski definition) is 1. The molecule has 3 aliphatic heterocycles. The molecular formula is C25H24FN5O2. The number of methoxy groups -OCH3 is 1. The van der Waals surface area contributed by atoms with Gasteiger partial charge in [-0.25, -0.2) is 9.37 Å². The maximum atomic E-state index is 13.7. The van der Waals surface area contributed by atoms with Crippen LogP contribution in [0.5, 0.6) is 5.75 Å². The zero-order valence-electron chi connectivity index (χ0n) is 18.5. The van der Waals surface area contributed by atoms with E-state index in [1.165, 1.54) is 12.1 Å². The van der Waals surface area contributed by atoms with Crippen molar-refractivity contribution < 1.29 is 14.0 Å². The van der Waals surface area contributed by atoms with E-state index in [0.717, 1.165) is 64.7 Å². The summed E-state index contributed by atoms with van der Waals surface area (Å²) >= 11 is 0. The number of hydrogen-bond acceptors (Lipinski definition) is 6. The molecule has 0 radical (unpaired) electrons. The van der Waals surface area contributed by atoms with Crippen molar-refractivity contribution in [2.24, 2.45) is 5.16 Å². The van der Waals surface area contributed by atoms with Crippen LogP contribution in [0.25, 0.3) is 11.8 Å². The number of aromatic nitrogens is 2. The standard InChI is InChI=1S/C25H24FN5O2/c1-16-13-30(15-28-16)22-8-5-17(11-23(22)32-2)10-18-4-3-9-31-24(18)29-33-25(31)14-27-21-12-19(26)6-7-20(21)25/h5-8,10-13,15,27H,3-4,9,14H2,1-2H3/t25-/m1/s1. The Kier molecular flexibility index (Phi) is 4.43. The van der Waals surface area contributed by atoms with Crippen LogP contribution in [-0.4, -0.2) is 40.5 Å². The number of anilines is 1. The van der Waals surface area contributed by atoms with E-state index >= 15 is 0 Å². The van der Waals surface area contributed by atoms with Crippen molar-refractivity contribution in [2.45, 2.75) is 25.5 Å². The monoisotopic (exact) mass is 445 g/mol. The molecule has 0 bridgehead atoms. The first-order chi connectivity index (χ1) is 16.1. The molecule has 6 rings (SSSR count). The number of oxime groups is 1. The maximum Gasteiger partial charge on any atom is 0.256 e. The van der Waals surface area contributed by atoms with Crippen LogP contribution in [0.3, 0.4) is 0 Å². The minimum atomic E-state index is -0.724. The van der Waals surface area contributed by atoms with Gasteiger partial charge in [0.1, 0.15) is 11.6 Å². The highest BCUT2D eigenvalue weighted by atomic mass is 19.1. The third-order valence-corrected chi connectivity index (χ3v) is 6.55. The summed E-state index contributed by atoms with van der Waals surface area (Å²) in [5.74, 6) is 1.35. The second-order valence-electron chi connectivity index (χ2n) is 8.61. The number of nitrogens with zero attached hydrogens (tertiary/aromatic N) is 4. The van der Waals surface area contributed by atoms with Gasteiger partial charge in [-0.05, 0) is 67.3 Å². The number of piperidine rings is 1. The van der Waals surface area contributed by atoms with Crippen LogP contribution in [-0.2, 0) is 10.6 Å². The van der Waals surface area contributed by atoms with Crippen molar-refractivity contribution in [1.29, 1.82) is 0 Å². The fourth-order valence-electron chi connectivity index (χ4n) is 4.97. The van der Waals surface area contributed by atoms with Crippen LogP contribution < -0.4 is 10.1 Å². The van der Waals surface area contributed by atoms with Gasteiger partial charge in [-0.15, -0.1) is 0 Å². The SMILES string of the molecule is COc1cc(C=C2CCCN3C2=NO[C@@]32CNc3cc(F)ccc32)ccc1-n1cnc(C)c1. The molecule has 2 aromatic carbocycles. The molecule has 0 amide bonds. The molecule has 3 aliphatic rings. The highest BCUT2D eigenvalue weighted by Gasteiger charge is 2.53. The summed E-state index contributed by atoms with van der Waals surface area (Å²) in [6, 6.07) is 10.9. The summed E-state index contributed by atoms with van der Waals surface area (Å²) in [6.07, 6.45) is 7.79. The van der Waals surface area contributed by atoms with Crippen molar-refractivity contribution in [3.05, 3.63) is 77.1 Å². The quantitative estimate of drug-likeness (QED) is 0.646. The van der Waals surface area contributed by atoms with Gasteiger partial charge >= 0.3 is 0 Å². The molecule has 7 nitrogen and oxygen atoms in total. The van der Waals surface area contributed by atoms with E-state index in [-0.39, 0.29) is 5.82 Å². The third kappa shape index (κ3) is 3.08. The van der Waals surface area contributed by atoms with Crippen molar-refractivity contribution in [2.75, 3.05) is 25.5 Å². The third-order valence-electron chi connectivity index (χ3n) is 6.55. The van der Waals surface area contributed by atoms with Crippen LogP contribution in [0, 0.1) is 12.7 Å². The van der Waals surface area contributed by atoms with Gasteiger partial charge in [0.05, 0.1) is 31.4 Å². The van der Waals surface area contributed by atoms with Crippen LogP contribution in [0.1, 0.15) is 29.7 Å². The second kappa shape index (κ2) is 7.37. The van der Waals surface area contributed by atoms with E-state index in [0.29, 0.717) is 6.54 Å². The zero-order valence-corrected chi connectivity index (χ0v) is 18.5. The van der Waals surface area contributed by atoms with Gasteiger partial charge in [0.15, 0.2) is 5.84 Å². The number of nitrogens with one attached hydrogen (secondary N) is 1. The van der Waals surface area contributed by atoms with E-state index in [2.05, 4.69) is 32.5 Å². The number of fused-ring (bicyclic) bond motifs is 4. The molecular weight excluding hydrogens is 421 g/mol. The van der Waals surface area contributed by atoms with Crippen LogP contribution >= 0.6 is 0 Å². The molecule has 0 saturated carbocycles. The van der Waals surface area contributed by atoms with Crippen LogP contribution in [0.15, 0.2) is 59.7 Å². The summed E-state index contributed by atoms with van der Waals surface area (Å²) in [5.41, 5.74) is 4.99. The largest absolute Gasteiger partial charge is 0.495 e. The first kappa shape index (κ1) is 19.8. The van der Waals surface area contributed by atoms with Crippen molar-refractivity contribution in [3.8, 4) is 11.4 Å². The molecule has 1 fully saturated rings. The average molecular weight is 445 g/mol. The predicted octanol–water partition coefficient (Wildman–Crippen LogP) is 4.43. The molecule has 1 spiro atoms. The fourth-order valence-corrected chi connectivity index (χ4v) is 4.97. The van der Waals surface area contributed by atoms with Gasteiger partial charge in [0.2, 0.25) is 0 Å². The molecule has 0 unspecified atom stereocenters. The number of aryl methyl sites for hydroxylation is 1. The molecule has 33 heavy (non-hydrogen) atoms. The Morgan fingerprint density at radius 1 is 1.24 bits per heavy atom. The lowest BCUT2D eigenvalue weighted by atomic mass is 9.95. The summed E-state index contributed by atoms with van der Waals surface area (Å²) < 4.78 is 21.4. The Labute approximate surface area is 191 Å². The molecule has 0 aliphatic carbocycles. The topological polar surface area (TPSA) is 63.9 Å². The second-order valence-corrected chi connectivity index (χ2v) is 8.61. The summed E-state index contributed by atoms with van der Waals surface area (Å²) in [5, 5.41) is 7.79. The van der Waals surface area contributed by atoms with E-state index < -0.39 is 5.72 Å². The van der Waals surface area contributed by atoms with Gasteiger partial charge in [-0.2, -0.15) is 0 Å². The van der Waals surface area contributed by atoms with Gasteiger partial charge in [-0.3, -0.25) is 0 Å². The molecule has 3 aromatic rings. The number of amidine groups is 1. The van der Waals surface area contributed by atoms with Gasteiger partial charge in [0, 0.05) is 24.0 Å². The smallest absolute Gasteiger partial charge is 0.256 e. The maximum absolute atomic E-state index is 13.7. The number of imidazole rings is 1. The highest BCUT2D eigenvalue weighted by molar-refractivity contribution is 6.03. The van der Waals surface area contributed by atoms with E-state index in [1.54, 1.807) is 19.5 Å². The summed E-state index contributed by atoms with van der Waals surface area (Å²) in [7, 11) is 1.67. The van der Waals surface area contributed by atoms with E-state index in [9.17, 15) is 4.39 Å². The van der Waals surface area contributed by atoms with Gasteiger partial charge in [0.25, 0.3) is 5.72 Å². The van der Waals surface area contributed by atoms with Crippen LogP contribution in [0.4, 0.5) is 10.1 Å². The molecule has 1 saturated heterocycles. The Morgan fingerprint density at radius 2 is 2.15 bits per heavy atom. The number of benzene rings is 2. The number of halogens is 1.